The van der Waals surface area contributed by atoms with E-state index >= 15 is 0 Å². The fourth-order valence-electron chi connectivity index (χ4n) is 2.22. The number of likely N-dealkylation sites (N-methyl/N-ethyl adjacent to an activating group) is 1. The second-order valence-corrected chi connectivity index (χ2v) is 4.36. The van der Waals surface area contributed by atoms with Crippen LogP contribution < -0.4 is 4.90 Å². The van der Waals surface area contributed by atoms with Gasteiger partial charge in [-0.25, -0.2) is 9.97 Å². The lowest BCUT2D eigenvalue weighted by Gasteiger charge is -2.29. The topological polar surface area (TPSA) is 49.2 Å². The van der Waals surface area contributed by atoms with E-state index in [1.807, 2.05) is 18.0 Å². The van der Waals surface area contributed by atoms with Gasteiger partial charge in [-0.05, 0) is 18.9 Å². The highest BCUT2D eigenvalue weighted by Crippen LogP contribution is 2.30. The van der Waals surface area contributed by atoms with Crippen LogP contribution in [-0.2, 0) is 0 Å². The number of rotatable bonds is 3. The van der Waals surface area contributed by atoms with Crippen LogP contribution in [0.5, 0.6) is 0 Å². The second-order valence-electron chi connectivity index (χ2n) is 4.36. The third kappa shape index (κ3) is 2.45. The summed E-state index contributed by atoms with van der Waals surface area (Å²) in [5.74, 6) is 0.866. The van der Waals surface area contributed by atoms with Gasteiger partial charge in [-0.15, -0.1) is 0 Å². The van der Waals surface area contributed by atoms with E-state index < -0.39 is 5.60 Å². The predicted molar refractivity (Wildman–Crippen MR) is 58.7 cm³/mol. The van der Waals surface area contributed by atoms with Crippen molar-refractivity contribution in [3.63, 3.8) is 0 Å². The predicted octanol–water partition coefficient (Wildman–Crippen LogP) is 1.22. The van der Waals surface area contributed by atoms with Crippen LogP contribution in [0.2, 0.25) is 0 Å². The van der Waals surface area contributed by atoms with Crippen LogP contribution in [0.15, 0.2) is 18.6 Å². The molecule has 0 radical (unpaired) electrons. The molecule has 1 aromatic rings. The Morgan fingerprint density at radius 1 is 1.47 bits per heavy atom. The smallest absolute Gasteiger partial charge is 0.131 e. The molecule has 0 atom stereocenters. The number of anilines is 1. The maximum atomic E-state index is 10.2. The molecule has 0 saturated heterocycles. The molecule has 1 aromatic heterocycles. The van der Waals surface area contributed by atoms with Crippen LogP contribution in [0.1, 0.15) is 25.7 Å². The summed E-state index contributed by atoms with van der Waals surface area (Å²) in [6, 6.07) is 1.86. The molecule has 0 spiro atoms. The van der Waals surface area contributed by atoms with E-state index in [-0.39, 0.29) is 0 Å². The van der Waals surface area contributed by atoms with Gasteiger partial charge in [0.25, 0.3) is 0 Å². The molecule has 1 N–H and O–H groups in total. The molecule has 82 valence electrons. The van der Waals surface area contributed by atoms with Crippen molar-refractivity contribution in [2.24, 2.45) is 0 Å². The van der Waals surface area contributed by atoms with Gasteiger partial charge >= 0.3 is 0 Å². The zero-order valence-electron chi connectivity index (χ0n) is 9.06. The summed E-state index contributed by atoms with van der Waals surface area (Å²) in [7, 11) is 1.96. The summed E-state index contributed by atoms with van der Waals surface area (Å²) in [4.78, 5) is 10.0. The van der Waals surface area contributed by atoms with E-state index in [1.54, 1.807) is 6.20 Å². The molecule has 2 rings (SSSR count). The highest BCUT2D eigenvalue weighted by atomic mass is 16.3. The number of hydrogen-bond acceptors (Lipinski definition) is 4. The Balaban J connectivity index is 2.00. The molecular weight excluding hydrogens is 190 g/mol. The average Bonchev–Trinajstić information content (AvgIpc) is 2.66. The highest BCUT2D eigenvalue weighted by molar-refractivity contribution is 5.35. The minimum absolute atomic E-state index is 0.514. The van der Waals surface area contributed by atoms with Crippen molar-refractivity contribution in [3.8, 4) is 0 Å². The summed E-state index contributed by atoms with van der Waals surface area (Å²) in [6.07, 6.45) is 7.33. The number of aliphatic hydroxyl groups is 1. The Labute approximate surface area is 90.0 Å². The van der Waals surface area contributed by atoms with Gasteiger partial charge in [-0.1, -0.05) is 12.8 Å². The largest absolute Gasteiger partial charge is 0.388 e. The first-order valence-electron chi connectivity index (χ1n) is 5.39. The molecule has 15 heavy (non-hydrogen) atoms. The van der Waals surface area contributed by atoms with Crippen LogP contribution in [0.4, 0.5) is 5.82 Å². The van der Waals surface area contributed by atoms with Gasteiger partial charge in [0.05, 0.1) is 5.60 Å². The van der Waals surface area contributed by atoms with Gasteiger partial charge < -0.3 is 10.0 Å². The molecule has 1 aliphatic rings. The maximum Gasteiger partial charge on any atom is 0.131 e. The fraction of sp³-hybridized carbons (Fsp3) is 0.636. The maximum absolute atomic E-state index is 10.2. The summed E-state index contributed by atoms with van der Waals surface area (Å²) in [5, 5.41) is 10.2. The molecule has 1 saturated carbocycles. The lowest BCUT2D eigenvalue weighted by atomic mass is 10.0. The van der Waals surface area contributed by atoms with E-state index in [9.17, 15) is 5.11 Å². The standard InChI is InChI=1S/C11H17N3O/c1-14(10-4-7-12-9-13-10)8-11(15)5-2-3-6-11/h4,7,9,15H,2-3,5-6,8H2,1H3. The Morgan fingerprint density at radius 2 is 2.20 bits per heavy atom. The molecule has 1 heterocycles. The summed E-state index contributed by atoms with van der Waals surface area (Å²) >= 11 is 0. The van der Waals surface area contributed by atoms with Gasteiger partial charge in [0.1, 0.15) is 12.1 Å². The first-order valence-corrected chi connectivity index (χ1v) is 5.39. The number of aromatic nitrogens is 2. The van der Waals surface area contributed by atoms with Gasteiger partial charge in [0, 0.05) is 19.8 Å². The normalized spacial score (nSPS) is 19.1. The molecule has 0 bridgehead atoms. The van der Waals surface area contributed by atoms with Crippen molar-refractivity contribution < 1.29 is 5.11 Å². The van der Waals surface area contributed by atoms with Crippen molar-refractivity contribution in [1.29, 1.82) is 0 Å². The summed E-state index contributed by atoms with van der Waals surface area (Å²) < 4.78 is 0. The lowest BCUT2D eigenvalue weighted by molar-refractivity contribution is 0.0558. The van der Waals surface area contributed by atoms with E-state index in [2.05, 4.69) is 9.97 Å². The minimum Gasteiger partial charge on any atom is -0.388 e. The summed E-state index contributed by atoms with van der Waals surface area (Å²) in [6.45, 7) is 0.657. The lowest BCUT2D eigenvalue weighted by Crippen LogP contribution is -2.39. The Hall–Kier alpha value is -1.16. The highest BCUT2D eigenvalue weighted by Gasteiger charge is 2.32. The third-order valence-electron chi connectivity index (χ3n) is 3.02. The Morgan fingerprint density at radius 3 is 2.80 bits per heavy atom. The molecule has 4 heteroatoms. The van der Waals surface area contributed by atoms with E-state index in [0.29, 0.717) is 6.54 Å². The zero-order chi connectivity index (χ0) is 10.7. The third-order valence-corrected chi connectivity index (χ3v) is 3.02. The minimum atomic E-state index is -0.514. The molecule has 0 amide bonds. The zero-order valence-corrected chi connectivity index (χ0v) is 9.06. The van der Waals surface area contributed by atoms with Crippen LogP contribution in [0.25, 0.3) is 0 Å². The monoisotopic (exact) mass is 207 g/mol. The number of hydrogen-bond donors (Lipinski definition) is 1. The van der Waals surface area contributed by atoms with Crippen molar-refractivity contribution in [2.45, 2.75) is 31.3 Å². The van der Waals surface area contributed by atoms with Crippen LogP contribution in [0, 0.1) is 0 Å². The van der Waals surface area contributed by atoms with Crippen molar-refractivity contribution in [2.75, 3.05) is 18.5 Å². The van der Waals surface area contributed by atoms with E-state index in [0.717, 1.165) is 31.5 Å². The van der Waals surface area contributed by atoms with Crippen molar-refractivity contribution in [1.82, 2.24) is 9.97 Å². The Bertz CT molecular complexity index is 309. The molecule has 1 fully saturated rings. The van der Waals surface area contributed by atoms with Gasteiger partial charge in [0.15, 0.2) is 0 Å². The molecule has 0 aromatic carbocycles. The summed E-state index contributed by atoms with van der Waals surface area (Å²) in [5.41, 5.74) is -0.514. The first kappa shape index (κ1) is 10.4. The van der Waals surface area contributed by atoms with Crippen LogP contribution in [0.3, 0.4) is 0 Å². The quantitative estimate of drug-likeness (QED) is 0.809. The fourth-order valence-corrected chi connectivity index (χ4v) is 2.22. The van der Waals surface area contributed by atoms with Crippen molar-refractivity contribution >= 4 is 5.82 Å². The van der Waals surface area contributed by atoms with Gasteiger partial charge in [-0.3, -0.25) is 0 Å². The molecule has 0 unspecified atom stereocenters. The molecule has 0 aliphatic heterocycles. The molecule has 1 aliphatic carbocycles. The molecular formula is C11H17N3O. The van der Waals surface area contributed by atoms with E-state index in [1.165, 1.54) is 6.33 Å². The van der Waals surface area contributed by atoms with Crippen LogP contribution in [-0.4, -0.2) is 34.3 Å². The first-order chi connectivity index (χ1) is 7.20. The molecule has 4 nitrogen and oxygen atoms in total. The van der Waals surface area contributed by atoms with Crippen molar-refractivity contribution in [3.05, 3.63) is 18.6 Å². The number of nitrogens with zero attached hydrogens (tertiary/aromatic N) is 3. The van der Waals surface area contributed by atoms with Gasteiger partial charge in [0.2, 0.25) is 0 Å². The van der Waals surface area contributed by atoms with Crippen LogP contribution >= 0.6 is 0 Å². The average molecular weight is 207 g/mol. The second kappa shape index (κ2) is 4.14. The Kier molecular flexibility index (Phi) is 2.86. The SMILES string of the molecule is CN(CC1(O)CCCC1)c1ccncn1. The van der Waals surface area contributed by atoms with Gasteiger partial charge in [-0.2, -0.15) is 0 Å². The van der Waals surface area contributed by atoms with E-state index in [4.69, 9.17) is 0 Å².